The van der Waals surface area contributed by atoms with Gasteiger partial charge in [0, 0.05) is 13.2 Å². The smallest absolute Gasteiger partial charge is 0.338 e. The van der Waals surface area contributed by atoms with Crippen molar-refractivity contribution in [3.63, 3.8) is 0 Å². The lowest BCUT2D eigenvalue weighted by atomic mass is 10.4. The minimum atomic E-state index is -0.987. The maximum absolute atomic E-state index is 10.6. The maximum atomic E-state index is 10.6. The third-order valence-corrected chi connectivity index (χ3v) is 1.99. The Balaban J connectivity index is 2.18. The molecule has 0 amide bonds. The van der Waals surface area contributed by atoms with E-state index in [1.165, 1.54) is 17.1 Å². The molecule has 0 unspecified atom stereocenters. The number of nitrogens with zero attached hydrogens (tertiary/aromatic N) is 5. The van der Waals surface area contributed by atoms with Crippen LogP contribution in [0.2, 0.25) is 0 Å². The highest BCUT2D eigenvalue weighted by molar-refractivity contribution is 5.86. The van der Waals surface area contributed by atoms with E-state index in [-0.39, 0.29) is 5.56 Å². The molecule has 1 N–H and O–H groups in total. The molecule has 0 saturated carbocycles. The van der Waals surface area contributed by atoms with Gasteiger partial charge < -0.3 is 9.67 Å². The van der Waals surface area contributed by atoms with Gasteiger partial charge in [0.25, 0.3) is 0 Å². The van der Waals surface area contributed by atoms with Gasteiger partial charge >= 0.3 is 5.97 Å². The molecule has 78 valence electrons. The Kier molecular flexibility index (Phi) is 2.20. The number of hydrogen-bond donors (Lipinski definition) is 1. The number of rotatable bonds is 3. The number of aromatic carboxylic acids is 1. The lowest BCUT2D eigenvalue weighted by Gasteiger charge is -1.99. The first-order valence-corrected chi connectivity index (χ1v) is 4.25. The van der Waals surface area contributed by atoms with Crippen molar-refractivity contribution in [3.05, 3.63) is 30.1 Å². The van der Waals surface area contributed by atoms with Crippen molar-refractivity contribution in [2.45, 2.75) is 6.54 Å². The molecule has 2 rings (SSSR count). The molecule has 2 aromatic rings. The van der Waals surface area contributed by atoms with E-state index in [4.69, 9.17) is 5.11 Å². The number of carboxylic acid groups (broad SMARTS) is 1. The van der Waals surface area contributed by atoms with E-state index in [1.54, 1.807) is 10.9 Å². The van der Waals surface area contributed by atoms with Crippen LogP contribution in [0.5, 0.6) is 0 Å². The van der Waals surface area contributed by atoms with E-state index in [0.29, 0.717) is 6.54 Å². The van der Waals surface area contributed by atoms with Gasteiger partial charge in [-0.25, -0.2) is 4.79 Å². The number of aromatic nitrogens is 5. The lowest BCUT2D eigenvalue weighted by molar-refractivity contribution is 0.0697. The Bertz CT molecular complexity index is 487. The van der Waals surface area contributed by atoms with E-state index in [0.717, 1.165) is 5.82 Å². The molecule has 0 radical (unpaired) electrons. The quantitative estimate of drug-likeness (QED) is 0.750. The van der Waals surface area contributed by atoms with Crippen LogP contribution in [0.3, 0.4) is 0 Å². The molecule has 0 aromatic carbocycles. The topological polar surface area (TPSA) is 85.8 Å². The van der Waals surface area contributed by atoms with Crippen LogP contribution in [-0.2, 0) is 13.6 Å². The minimum Gasteiger partial charge on any atom is -0.478 e. The Hall–Kier alpha value is -2.18. The molecule has 0 atom stereocenters. The number of carboxylic acids is 1. The fourth-order valence-electron chi connectivity index (χ4n) is 1.16. The summed E-state index contributed by atoms with van der Waals surface area (Å²) in [6.07, 6.45) is 4.34. The van der Waals surface area contributed by atoms with E-state index in [1.807, 2.05) is 7.05 Å². The van der Waals surface area contributed by atoms with Crippen molar-refractivity contribution < 1.29 is 9.90 Å². The summed E-state index contributed by atoms with van der Waals surface area (Å²) in [4.78, 5) is 10.6. The fraction of sp³-hybridized carbons (Fsp3) is 0.250. The predicted octanol–water partition coefficient (Wildman–Crippen LogP) is -0.242. The molecule has 2 heterocycles. The standard InChI is InChI=1S/C8H9N5O2/c1-12-5-9-11-7(12)4-13-3-6(2-10-13)8(14)15/h2-3,5H,4H2,1H3,(H,14,15). The second-order valence-corrected chi connectivity index (χ2v) is 3.09. The highest BCUT2D eigenvalue weighted by Crippen LogP contribution is 2.00. The van der Waals surface area contributed by atoms with E-state index >= 15 is 0 Å². The minimum absolute atomic E-state index is 0.164. The van der Waals surface area contributed by atoms with Gasteiger partial charge in [-0.3, -0.25) is 4.68 Å². The third kappa shape index (κ3) is 1.85. The van der Waals surface area contributed by atoms with Crippen LogP contribution in [0, 0.1) is 0 Å². The molecule has 0 bridgehead atoms. The Morgan fingerprint density at radius 3 is 2.93 bits per heavy atom. The predicted molar refractivity (Wildman–Crippen MR) is 49.3 cm³/mol. The molecular weight excluding hydrogens is 198 g/mol. The highest BCUT2D eigenvalue weighted by atomic mass is 16.4. The van der Waals surface area contributed by atoms with Crippen LogP contribution in [0.1, 0.15) is 16.2 Å². The molecule has 7 heteroatoms. The van der Waals surface area contributed by atoms with E-state index in [2.05, 4.69) is 15.3 Å². The Labute approximate surface area is 85.0 Å². The van der Waals surface area contributed by atoms with Crippen LogP contribution in [-0.4, -0.2) is 35.6 Å². The van der Waals surface area contributed by atoms with Crippen LogP contribution >= 0.6 is 0 Å². The molecule has 2 aromatic heterocycles. The maximum Gasteiger partial charge on any atom is 0.338 e. The summed E-state index contributed by atoms with van der Waals surface area (Å²) < 4.78 is 3.26. The zero-order chi connectivity index (χ0) is 10.8. The van der Waals surface area contributed by atoms with Crippen molar-refractivity contribution in [3.8, 4) is 0 Å². The molecule has 7 nitrogen and oxygen atoms in total. The van der Waals surface area contributed by atoms with Crippen LogP contribution in [0.15, 0.2) is 18.7 Å². The third-order valence-electron chi connectivity index (χ3n) is 1.99. The molecule has 15 heavy (non-hydrogen) atoms. The molecule has 0 aliphatic carbocycles. The summed E-state index contributed by atoms with van der Waals surface area (Å²) in [5.74, 6) is -0.269. The van der Waals surface area contributed by atoms with E-state index < -0.39 is 5.97 Å². The monoisotopic (exact) mass is 207 g/mol. The first-order valence-electron chi connectivity index (χ1n) is 4.25. The van der Waals surface area contributed by atoms with Gasteiger partial charge in [0.05, 0.1) is 11.8 Å². The van der Waals surface area contributed by atoms with Crippen molar-refractivity contribution in [2.24, 2.45) is 7.05 Å². The number of aryl methyl sites for hydroxylation is 1. The summed E-state index contributed by atoms with van der Waals surface area (Å²) in [7, 11) is 1.82. The van der Waals surface area contributed by atoms with Gasteiger partial charge in [-0.1, -0.05) is 0 Å². The van der Waals surface area contributed by atoms with Gasteiger partial charge in [0.1, 0.15) is 12.9 Å². The lowest BCUT2D eigenvalue weighted by Crippen LogP contribution is -2.06. The Morgan fingerprint density at radius 1 is 1.60 bits per heavy atom. The van der Waals surface area contributed by atoms with Gasteiger partial charge in [0.15, 0.2) is 5.82 Å². The van der Waals surface area contributed by atoms with Gasteiger partial charge in [-0.05, 0) is 0 Å². The number of carbonyl (C=O) groups is 1. The highest BCUT2D eigenvalue weighted by Gasteiger charge is 2.07. The summed E-state index contributed by atoms with van der Waals surface area (Å²) in [6, 6.07) is 0. The summed E-state index contributed by atoms with van der Waals surface area (Å²) in [6.45, 7) is 0.407. The molecule has 0 aliphatic heterocycles. The Morgan fingerprint density at radius 2 is 2.40 bits per heavy atom. The van der Waals surface area contributed by atoms with Crippen LogP contribution in [0.4, 0.5) is 0 Å². The van der Waals surface area contributed by atoms with E-state index in [9.17, 15) is 4.79 Å². The average molecular weight is 207 g/mol. The zero-order valence-electron chi connectivity index (χ0n) is 8.03. The van der Waals surface area contributed by atoms with Crippen molar-refractivity contribution >= 4 is 5.97 Å². The van der Waals surface area contributed by atoms with Gasteiger partial charge in [-0.2, -0.15) is 5.10 Å². The zero-order valence-corrected chi connectivity index (χ0v) is 8.03. The van der Waals surface area contributed by atoms with Crippen LogP contribution in [0.25, 0.3) is 0 Å². The van der Waals surface area contributed by atoms with Gasteiger partial charge in [0.2, 0.25) is 0 Å². The average Bonchev–Trinajstić information content (AvgIpc) is 2.77. The fourth-order valence-corrected chi connectivity index (χ4v) is 1.16. The molecule has 0 saturated heterocycles. The molecular formula is C8H9N5O2. The largest absolute Gasteiger partial charge is 0.478 e. The van der Waals surface area contributed by atoms with Crippen LogP contribution < -0.4 is 0 Å². The summed E-state index contributed by atoms with van der Waals surface area (Å²) >= 11 is 0. The SMILES string of the molecule is Cn1cnnc1Cn1cc(C(=O)O)cn1. The molecule has 0 aliphatic rings. The second kappa shape index (κ2) is 3.52. The van der Waals surface area contributed by atoms with Crippen molar-refractivity contribution in [2.75, 3.05) is 0 Å². The molecule has 0 fully saturated rings. The van der Waals surface area contributed by atoms with Crippen molar-refractivity contribution in [1.29, 1.82) is 0 Å². The molecule has 0 spiro atoms. The first-order chi connectivity index (χ1) is 7.16. The summed E-state index contributed by atoms with van der Waals surface area (Å²) in [5.41, 5.74) is 0.164. The summed E-state index contributed by atoms with van der Waals surface area (Å²) in [5, 5.41) is 20.2. The first kappa shape index (κ1) is 9.38. The number of hydrogen-bond acceptors (Lipinski definition) is 4. The van der Waals surface area contributed by atoms with Gasteiger partial charge in [-0.15, -0.1) is 10.2 Å². The second-order valence-electron chi connectivity index (χ2n) is 3.09. The normalized spacial score (nSPS) is 10.5. The van der Waals surface area contributed by atoms with Crippen molar-refractivity contribution in [1.82, 2.24) is 24.5 Å².